The Morgan fingerprint density at radius 1 is 1.08 bits per heavy atom. The van der Waals surface area contributed by atoms with Crippen LogP contribution in [-0.2, 0) is 0 Å². The molecule has 132 valence electrons. The molecule has 0 unspecified atom stereocenters. The first-order valence-electron chi connectivity index (χ1n) is 7.93. The summed E-state index contributed by atoms with van der Waals surface area (Å²) in [6.45, 7) is 0.127. The van der Waals surface area contributed by atoms with Gasteiger partial charge in [0.25, 0.3) is 0 Å². The molecule has 0 saturated carbocycles. The molecular formula is C19H16ClFN4O. The van der Waals surface area contributed by atoms with Gasteiger partial charge in [0, 0.05) is 17.7 Å². The molecule has 0 aliphatic heterocycles. The molecule has 0 aliphatic rings. The lowest BCUT2D eigenvalue weighted by Crippen LogP contribution is -2.15. The van der Waals surface area contributed by atoms with E-state index in [9.17, 15) is 4.39 Å². The van der Waals surface area contributed by atoms with Crippen molar-refractivity contribution in [2.24, 2.45) is 0 Å². The van der Waals surface area contributed by atoms with Gasteiger partial charge < -0.3 is 10.4 Å². The van der Waals surface area contributed by atoms with Gasteiger partial charge in [-0.15, -0.1) is 10.2 Å². The molecule has 0 amide bonds. The molecule has 3 rings (SSSR count). The van der Waals surface area contributed by atoms with Crippen LogP contribution in [0.5, 0.6) is 0 Å². The van der Waals surface area contributed by atoms with Gasteiger partial charge in [0.15, 0.2) is 5.82 Å². The number of nitrogens with one attached hydrogen (secondary N) is 2. The van der Waals surface area contributed by atoms with Gasteiger partial charge in [0.1, 0.15) is 11.5 Å². The van der Waals surface area contributed by atoms with Crippen molar-refractivity contribution in [3.05, 3.63) is 76.6 Å². The Morgan fingerprint density at radius 3 is 2.42 bits per heavy atom. The molecule has 1 heterocycles. The number of aliphatic hydroxyl groups is 1. The van der Waals surface area contributed by atoms with Gasteiger partial charge >= 0.3 is 0 Å². The van der Waals surface area contributed by atoms with Crippen molar-refractivity contribution in [1.82, 2.24) is 10.2 Å². The van der Waals surface area contributed by atoms with E-state index in [4.69, 9.17) is 22.1 Å². The predicted octanol–water partition coefficient (Wildman–Crippen LogP) is 3.76. The average molecular weight is 371 g/mol. The van der Waals surface area contributed by atoms with Crippen LogP contribution in [0.1, 0.15) is 11.1 Å². The van der Waals surface area contributed by atoms with Gasteiger partial charge in [0.2, 0.25) is 0 Å². The molecule has 1 aromatic heterocycles. The fraction of sp³-hybridized carbons (Fsp3) is 0.105. The molecule has 0 fully saturated rings. The van der Waals surface area contributed by atoms with E-state index in [1.165, 1.54) is 24.3 Å². The van der Waals surface area contributed by atoms with Crippen LogP contribution in [0.3, 0.4) is 0 Å². The van der Waals surface area contributed by atoms with E-state index in [-0.39, 0.29) is 35.5 Å². The Morgan fingerprint density at radius 2 is 1.77 bits per heavy atom. The van der Waals surface area contributed by atoms with Crippen LogP contribution >= 0.6 is 11.6 Å². The van der Waals surface area contributed by atoms with Gasteiger partial charge in [0.05, 0.1) is 22.9 Å². The molecule has 26 heavy (non-hydrogen) atoms. The molecular weight excluding hydrogens is 355 g/mol. The van der Waals surface area contributed by atoms with E-state index in [2.05, 4.69) is 15.5 Å². The maximum atomic E-state index is 13.2. The standard InChI is InChI=1S/C19H16ClFN4O/c20-16-15(17(22)12-6-8-14(21)9-7-12)19(23-10-11-26)25-24-18(16)13-4-2-1-3-5-13/h1-9,22,26H,10-11H2,(H,23,25). The summed E-state index contributed by atoms with van der Waals surface area (Å²) in [7, 11) is 0. The zero-order valence-electron chi connectivity index (χ0n) is 13.7. The second kappa shape index (κ2) is 8.03. The smallest absolute Gasteiger partial charge is 0.159 e. The van der Waals surface area contributed by atoms with E-state index in [1.807, 2.05) is 30.3 Å². The first-order chi connectivity index (χ1) is 12.6. The Balaban J connectivity index is 2.13. The maximum Gasteiger partial charge on any atom is 0.159 e. The summed E-state index contributed by atoms with van der Waals surface area (Å²) in [4.78, 5) is 0. The Hall–Kier alpha value is -2.83. The highest BCUT2D eigenvalue weighted by Gasteiger charge is 2.20. The number of hydrogen-bond acceptors (Lipinski definition) is 5. The molecule has 3 N–H and O–H groups in total. The lowest BCUT2D eigenvalue weighted by Gasteiger charge is -2.15. The summed E-state index contributed by atoms with van der Waals surface area (Å²) in [6.07, 6.45) is 0. The summed E-state index contributed by atoms with van der Waals surface area (Å²) in [5, 5.41) is 29.1. The zero-order valence-corrected chi connectivity index (χ0v) is 14.5. The largest absolute Gasteiger partial charge is 0.395 e. The number of aromatic nitrogens is 2. The summed E-state index contributed by atoms with van der Waals surface area (Å²) in [6, 6.07) is 14.9. The number of anilines is 1. The number of aliphatic hydroxyl groups excluding tert-OH is 1. The molecule has 7 heteroatoms. The lowest BCUT2D eigenvalue weighted by molar-refractivity contribution is 0.311. The molecule has 0 atom stereocenters. The molecule has 0 bridgehead atoms. The SMILES string of the molecule is N=C(c1ccc(F)cc1)c1c(NCCO)nnc(-c2ccccc2)c1Cl. The van der Waals surface area contributed by atoms with Crippen molar-refractivity contribution in [2.75, 3.05) is 18.5 Å². The topological polar surface area (TPSA) is 81.9 Å². The monoisotopic (exact) mass is 370 g/mol. The number of rotatable bonds is 6. The Kier molecular flexibility index (Phi) is 5.55. The van der Waals surface area contributed by atoms with Crippen LogP contribution in [0.4, 0.5) is 10.2 Å². The minimum atomic E-state index is -0.385. The van der Waals surface area contributed by atoms with E-state index in [1.54, 1.807) is 0 Å². The predicted molar refractivity (Wildman–Crippen MR) is 100 cm³/mol. The number of nitrogens with zero attached hydrogens (tertiary/aromatic N) is 2. The van der Waals surface area contributed by atoms with Crippen molar-refractivity contribution in [2.45, 2.75) is 0 Å². The Labute approximate surface area is 155 Å². The summed E-state index contributed by atoms with van der Waals surface area (Å²) in [5.41, 5.74) is 2.14. The highest BCUT2D eigenvalue weighted by atomic mass is 35.5. The van der Waals surface area contributed by atoms with Crippen molar-refractivity contribution in [3.8, 4) is 11.3 Å². The first-order valence-corrected chi connectivity index (χ1v) is 8.30. The summed E-state index contributed by atoms with van der Waals surface area (Å²) < 4.78 is 13.2. The molecule has 5 nitrogen and oxygen atoms in total. The van der Waals surface area contributed by atoms with Gasteiger partial charge in [-0.2, -0.15) is 0 Å². The average Bonchev–Trinajstić information content (AvgIpc) is 2.67. The van der Waals surface area contributed by atoms with E-state index >= 15 is 0 Å². The van der Waals surface area contributed by atoms with E-state index in [0.717, 1.165) is 5.56 Å². The zero-order chi connectivity index (χ0) is 18.5. The molecule has 0 radical (unpaired) electrons. The normalized spacial score (nSPS) is 10.6. The van der Waals surface area contributed by atoms with E-state index < -0.39 is 0 Å². The highest BCUT2D eigenvalue weighted by Crippen LogP contribution is 2.33. The maximum absolute atomic E-state index is 13.2. The number of halogens is 2. The molecule has 3 aromatic rings. The summed E-state index contributed by atoms with van der Waals surface area (Å²) in [5.74, 6) is -0.0952. The number of hydrogen-bond donors (Lipinski definition) is 3. The Bertz CT molecular complexity index is 917. The molecule has 0 saturated heterocycles. The quantitative estimate of drug-likeness (QED) is 0.577. The minimum absolute atomic E-state index is 0.0857. The van der Waals surface area contributed by atoms with Crippen LogP contribution in [0, 0.1) is 11.2 Å². The van der Waals surface area contributed by atoms with Crippen molar-refractivity contribution in [1.29, 1.82) is 5.41 Å². The van der Waals surface area contributed by atoms with Gasteiger partial charge in [-0.05, 0) is 24.3 Å². The second-order valence-electron chi connectivity index (χ2n) is 5.48. The van der Waals surface area contributed by atoms with Crippen molar-refractivity contribution >= 4 is 23.1 Å². The fourth-order valence-corrected chi connectivity index (χ4v) is 2.81. The van der Waals surface area contributed by atoms with Crippen LogP contribution in [0.25, 0.3) is 11.3 Å². The highest BCUT2D eigenvalue weighted by molar-refractivity contribution is 6.38. The van der Waals surface area contributed by atoms with Crippen LogP contribution in [0.15, 0.2) is 54.6 Å². The van der Waals surface area contributed by atoms with Crippen molar-refractivity contribution in [3.63, 3.8) is 0 Å². The molecule has 0 spiro atoms. The van der Waals surface area contributed by atoms with Crippen LogP contribution in [0.2, 0.25) is 5.02 Å². The second-order valence-corrected chi connectivity index (χ2v) is 5.86. The third-order valence-electron chi connectivity index (χ3n) is 3.75. The van der Waals surface area contributed by atoms with Crippen LogP contribution in [-0.4, -0.2) is 34.2 Å². The van der Waals surface area contributed by atoms with Crippen LogP contribution < -0.4 is 5.32 Å². The first kappa shape index (κ1) is 18.0. The van der Waals surface area contributed by atoms with Crippen molar-refractivity contribution < 1.29 is 9.50 Å². The third kappa shape index (κ3) is 3.71. The van der Waals surface area contributed by atoms with Gasteiger partial charge in [-0.3, -0.25) is 5.41 Å². The van der Waals surface area contributed by atoms with E-state index in [0.29, 0.717) is 16.8 Å². The van der Waals surface area contributed by atoms with Gasteiger partial charge in [-0.1, -0.05) is 41.9 Å². The third-order valence-corrected chi connectivity index (χ3v) is 4.12. The number of benzene rings is 2. The van der Waals surface area contributed by atoms with Gasteiger partial charge in [-0.25, -0.2) is 4.39 Å². The molecule has 0 aliphatic carbocycles. The fourth-order valence-electron chi connectivity index (χ4n) is 2.48. The minimum Gasteiger partial charge on any atom is -0.395 e. The lowest BCUT2D eigenvalue weighted by atomic mass is 10.0. The molecule has 2 aromatic carbocycles. The summed E-state index contributed by atoms with van der Waals surface area (Å²) >= 11 is 6.58.